The van der Waals surface area contributed by atoms with Crippen LogP contribution in [0.3, 0.4) is 0 Å². The molecule has 1 heterocycles. The van der Waals surface area contributed by atoms with E-state index in [1.807, 2.05) is 38.1 Å². The van der Waals surface area contributed by atoms with Gasteiger partial charge in [-0.2, -0.15) is 0 Å². The number of fused-ring (bicyclic) bond motifs is 1. The van der Waals surface area contributed by atoms with Crippen LogP contribution in [0.1, 0.15) is 32.3 Å². The van der Waals surface area contributed by atoms with Gasteiger partial charge in [-0.15, -0.1) is 0 Å². The van der Waals surface area contributed by atoms with Crippen molar-refractivity contribution in [2.75, 3.05) is 20.3 Å². The summed E-state index contributed by atoms with van der Waals surface area (Å²) in [6.07, 6.45) is 3.44. The lowest BCUT2D eigenvalue weighted by Crippen LogP contribution is -2.53. The van der Waals surface area contributed by atoms with Crippen LogP contribution in [0.4, 0.5) is 0 Å². The fourth-order valence-electron chi connectivity index (χ4n) is 2.56. The first-order chi connectivity index (χ1) is 10.6. The largest absolute Gasteiger partial charge is 0.493 e. The molecule has 2 rings (SSSR count). The van der Waals surface area contributed by atoms with E-state index in [2.05, 4.69) is 5.32 Å². The number of rotatable bonds is 6. The molecule has 22 heavy (non-hydrogen) atoms. The second-order valence-corrected chi connectivity index (χ2v) is 5.48. The van der Waals surface area contributed by atoms with Gasteiger partial charge in [0.15, 0.2) is 11.5 Å². The zero-order valence-electron chi connectivity index (χ0n) is 13.4. The molecule has 0 saturated heterocycles. The second kappa shape index (κ2) is 6.83. The number of carbonyl (C=O) groups excluding carboxylic acids is 1. The zero-order chi connectivity index (χ0) is 16.2. The van der Waals surface area contributed by atoms with E-state index in [0.29, 0.717) is 23.6 Å². The Bertz CT molecular complexity index is 569. The van der Waals surface area contributed by atoms with Crippen molar-refractivity contribution in [2.45, 2.75) is 32.2 Å². The van der Waals surface area contributed by atoms with Crippen molar-refractivity contribution >= 4 is 12.0 Å². The molecule has 1 aliphatic heterocycles. The summed E-state index contributed by atoms with van der Waals surface area (Å²) in [6.45, 7) is 4.71. The fourth-order valence-corrected chi connectivity index (χ4v) is 2.56. The van der Waals surface area contributed by atoms with Gasteiger partial charge in [0.25, 0.3) is 5.91 Å². The van der Waals surface area contributed by atoms with Crippen LogP contribution in [0, 0.1) is 0 Å². The topological polar surface area (TPSA) is 73.6 Å². The highest BCUT2D eigenvalue weighted by molar-refractivity contribution is 5.99. The van der Waals surface area contributed by atoms with E-state index < -0.39 is 0 Å². The van der Waals surface area contributed by atoms with E-state index >= 15 is 0 Å². The highest BCUT2D eigenvalue weighted by Gasteiger charge is 2.29. The lowest BCUT2D eigenvalue weighted by Gasteiger charge is -2.32. The number of hydrogen-bond donors (Lipinski definition) is 2. The van der Waals surface area contributed by atoms with Crippen molar-refractivity contribution < 1.29 is 14.3 Å². The van der Waals surface area contributed by atoms with Gasteiger partial charge in [0.2, 0.25) is 0 Å². The van der Waals surface area contributed by atoms with Gasteiger partial charge in [0.1, 0.15) is 6.61 Å². The maximum Gasteiger partial charge on any atom is 0.251 e. The quantitative estimate of drug-likeness (QED) is 0.844. The van der Waals surface area contributed by atoms with Crippen molar-refractivity contribution in [3.63, 3.8) is 0 Å². The van der Waals surface area contributed by atoms with Crippen molar-refractivity contribution in [3.8, 4) is 11.5 Å². The maximum absolute atomic E-state index is 12.5. The summed E-state index contributed by atoms with van der Waals surface area (Å²) in [5, 5.41) is 3.07. The Labute approximate surface area is 131 Å². The summed E-state index contributed by atoms with van der Waals surface area (Å²) >= 11 is 0. The molecule has 120 valence electrons. The predicted molar refractivity (Wildman–Crippen MR) is 87.0 cm³/mol. The number of hydrogen-bond acceptors (Lipinski definition) is 4. The molecular weight excluding hydrogens is 280 g/mol. The standard InChI is InChI=1S/C17H24N2O3/c1-4-17(5-2,11-18)19-16(20)13-9-12-7-6-8-14(21-3)15(12)22-10-13/h6-9H,4-5,10-11,18H2,1-3H3,(H,19,20). The van der Waals surface area contributed by atoms with Crippen molar-refractivity contribution in [1.29, 1.82) is 0 Å². The zero-order valence-corrected chi connectivity index (χ0v) is 13.4. The van der Waals surface area contributed by atoms with Gasteiger partial charge in [-0.3, -0.25) is 4.79 Å². The van der Waals surface area contributed by atoms with Gasteiger partial charge in [0.05, 0.1) is 18.2 Å². The second-order valence-electron chi connectivity index (χ2n) is 5.48. The monoisotopic (exact) mass is 304 g/mol. The molecule has 0 fully saturated rings. The van der Waals surface area contributed by atoms with Crippen LogP contribution in [0.25, 0.3) is 6.08 Å². The first-order valence-corrected chi connectivity index (χ1v) is 7.62. The summed E-state index contributed by atoms with van der Waals surface area (Å²) in [4.78, 5) is 12.5. The normalized spacial score (nSPS) is 13.7. The third kappa shape index (κ3) is 3.09. The summed E-state index contributed by atoms with van der Waals surface area (Å²) < 4.78 is 11.0. The summed E-state index contributed by atoms with van der Waals surface area (Å²) in [7, 11) is 1.60. The van der Waals surface area contributed by atoms with Gasteiger partial charge in [-0.1, -0.05) is 26.0 Å². The van der Waals surface area contributed by atoms with Crippen LogP contribution in [0.5, 0.6) is 11.5 Å². The Morgan fingerprint density at radius 3 is 2.73 bits per heavy atom. The third-order valence-corrected chi connectivity index (χ3v) is 4.35. The van der Waals surface area contributed by atoms with Crippen LogP contribution < -0.4 is 20.5 Å². The molecule has 1 amide bonds. The molecule has 0 aromatic heterocycles. The van der Waals surface area contributed by atoms with E-state index in [1.54, 1.807) is 7.11 Å². The minimum atomic E-state index is -0.355. The molecular formula is C17H24N2O3. The highest BCUT2D eigenvalue weighted by atomic mass is 16.5. The lowest BCUT2D eigenvalue weighted by atomic mass is 9.92. The molecule has 0 bridgehead atoms. The van der Waals surface area contributed by atoms with Crippen LogP contribution in [-0.4, -0.2) is 31.7 Å². The number of benzene rings is 1. The van der Waals surface area contributed by atoms with Gasteiger partial charge in [-0.25, -0.2) is 0 Å². The maximum atomic E-state index is 12.5. The predicted octanol–water partition coefficient (Wildman–Crippen LogP) is 2.10. The van der Waals surface area contributed by atoms with Gasteiger partial charge in [-0.05, 0) is 25.0 Å². The molecule has 5 nitrogen and oxygen atoms in total. The van der Waals surface area contributed by atoms with E-state index in [9.17, 15) is 4.79 Å². The molecule has 0 atom stereocenters. The number of ether oxygens (including phenoxy) is 2. The van der Waals surface area contributed by atoms with E-state index in [4.69, 9.17) is 15.2 Å². The number of nitrogens with one attached hydrogen (secondary N) is 1. The Kier molecular flexibility index (Phi) is 5.08. The number of amides is 1. The molecule has 5 heteroatoms. The van der Waals surface area contributed by atoms with E-state index in [0.717, 1.165) is 18.4 Å². The Balaban J connectivity index is 2.23. The van der Waals surface area contributed by atoms with Crippen molar-refractivity contribution in [1.82, 2.24) is 5.32 Å². The molecule has 0 unspecified atom stereocenters. The molecule has 0 saturated carbocycles. The van der Waals surface area contributed by atoms with Crippen molar-refractivity contribution in [3.05, 3.63) is 29.3 Å². The van der Waals surface area contributed by atoms with E-state index in [1.165, 1.54) is 0 Å². The minimum absolute atomic E-state index is 0.123. The average molecular weight is 304 g/mol. The highest BCUT2D eigenvalue weighted by Crippen LogP contribution is 2.35. The minimum Gasteiger partial charge on any atom is -0.493 e. The SMILES string of the molecule is CCC(CC)(CN)NC(=O)C1=Cc2cccc(OC)c2OC1. The Morgan fingerprint density at radius 1 is 1.41 bits per heavy atom. The first-order valence-electron chi connectivity index (χ1n) is 7.62. The van der Waals surface area contributed by atoms with Crippen LogP contribution in [0.15, 0.2) is 23.8 Å². The summed E-state index contributed by atoms with van der Waals surface area (Å²) in [5.41, 5.74) is 6.93. The van der Waals surface area contributed by atoms with Crippen LogP contribution >= 0.6 is 0 Å². The molecule has 0 spiro atoms. The summed E-state index contributed by atoms with van der Waals surface area (Å²) in [5.74, 6) is 1.23. The van der Waals surface area contributed by atoms with Crippen LogP contribution in [0.2, 0.25) is 0 Å². The molecule has 1 aromatic rings. The van der Waals surface area contributed by atoms with Gasteiger partial charge >= 0.3 is 0 Å². The van der Waals surface area contributed by atoms with Crippen LogP contribution in [-0.2, 0) is 4.79 Å². The molecule has 1 aromatic carbocycles. The van der Waals surface area contributed by atoms with E-state index in [-0.39, 0.29) is 18.1 Å². The molecule has 3 N–H and O–H groups in total. The third-order valence-electron chi connectivity index (χ3n) is 4.35. The lowest BCUT2D eigenvalue weighted by molar-refractivity contribution is -0.119. The smallest absolute Gasteiger partial charge is 0.251 e. The Hall–Kier alpha value is -2.01. The summed E-state index contributed by atoms with van der Waals surface area (Å²) in [6, 6.07) is 5.62. The van der Waals surface area contributed by atoms with Gasteiger partial charge in [0, 0.05) is 12.1 Å². The van der Waals surface area contributed by atoms with Crippen molar-refractivity contribution in [2.24, 2.45) is 5.73 Å². The number of para-hydroxylation sites is 1. The Morgan fingerprint density at radius 2 is 2.14 bits per heavy atom. The number of carbonyl (C=O) groups is 1. The molecule has 0 aliphatic carbocycles. The molecule has 1 aliphatic rings. The van der Waals surface area contributed by atoms with Gasteiger partial charge < -0.3 is 20.5 Å². The fraction of sp³-hybridized carbons (Fsp3) is 0.471. The number of methoxy groups -OCH3 is 1. The molecule has 0 radical (unpaired) electrons. The average Bonchev–Trinajstić information content (AvgIpc) is 2.58. The number of nitrogens with two attached hydrogens (primary N) is 1. The first kappa shape index (κ1) is 16.4.